The largest absolute Gasteiger partial charge is 0.372 e. The smallest absolute Gasteiger partial charge is 0.319 e. The molecule has 1 aromatic carbocycles. The van der Waals surface area contributed by atoms with Crippen molar-refractivity contribution in [1.29, 1.82) is 0 Å². The molecule has 0 aliphatic carbocycles. The van der Waals surface area contributed by atoms with Crippen LogP contribution >= 0.6 is 11.3 Å². The van der Waals surface area contributed by atoms with Crippen LogP contribution in [0.3, 0.4) is 0 Å². The molecule has 5 nitrogen and oxygen atoms in total. The van der Waals surface area contributed by atoms with Crippen LogP contribution in [0.1, 0.15) is 41.6 Å². The maximum absolute atomic E-state index is 11.9. The molecule has 2 N–H and O–H groups in total. The highest BCUT2D eigenvalue weighted by molar-refractivity contribution is 7.09. The molecular weight excluding hydrogens is 310 g/mol. The number of fused-ring (bicyclic) bond motifs is 1. The summed E-state index contributed by atoms with van der Waals surface area (Å²) in [5.41, 5.74) is 4.17. The highest BCUT2D eigenvalue weighted by Crippen LogP contribution is 2.23. The predicted molar refractivity (Wildman–Crippen MR) is 91.9 cm³/mol. The van der Waals surface area contributed by atoms with Crippen LogP contribution in [0.5, 0.6) is 0 Å². The second-order valence-electron chi connectivity index (χ2n) is 5.94. The lowest BCUT2D eigenvalue weighted by Gasteiger charge is -2.08. The molecule has 122 valence electrons. The molecule has 2 amide bonds. The van der Waals surface area contributed by atoms with Gasteiger partial charge in [-0.15, -0.1) is 11.3 Å². The molecule has 23 heavy (non-hydrogen) atoms. The second kappa shape index (κ2) is 7.10. The number of anilines is 1. The molecule has 0 fully saturated rings. The number of carbonyl (C=O) groups excluding carboxylic acids is 1. The second-order valence-corrected chi connectivity index (χ2v) is 6.83. The van der Waals surface area contributed by atoms with Gasteiger partial charge in [-0.05, 0) is 23.3 Å². The number of urea groups is 1. The first-order chi connectivity index (χ1) is 11.1. The van der Waals surface area contributed by atoms with Gasteiger partial charge in [-0.2, -0.15) is 0 Å². The maximum Gasteiger partial charge on any atom is 0.319 e. The van der Waals surface area contributed by atoms with Crippen molar-refractivity contribution < 1.29 is 9.53 Å². The first-order valence-electron chi connectivity index (χ1n) is 7.80. The molecule has 6 heteroatoms. The minimum absolute atomic E-state index is 0.192. The van der Waals surface area contributed by atoms with Crippen molar-refractivity contribution in [3.8, 4) is 0 Å². The first kappa shape index (κ1) is 16.0. The summed E-state index contributed by atoms with van der Waals surface area (Å²) in [6, 6.07) is 5.68. The standard InChI is InChI=1S/C17H21N3O2S/c1-11(2)16-19-15(10-23-16)5-6-18-17(21)20-14-4-3-12-8-22-9-13(12)7-14/h3-4,7,10-11H,5-6,8-9H2,1-2H3,(H2,18,20,21). The first-order valence-corrected chi connectivity index (χ1v) is 8.68. The van der Waals surface area contributed by atoms with Gasteiger partial charge in [-0.3, -0.25) is 0 Å². The fourth-order valence-electron chi connectivity index (χ4n) is 2.43. The van der Waals surface area contributed by atoms with Gasteiger partial charge < -0.3 is 15.4 Å². The fourth-order valence-corrected chi connectivity index (χ4v) is 3.30. The van der Waals surface area contributed by atoms with Crippen LogP contribution in [0, 0.1) is 0 Å². The molecule has 3 rings (SSSR count). The molecule has 2 heterocycles. The summed E-state index contributed by atoms with van der Waals surface area (Å²) in [5.74, 6) is 0.453. The van der Waals surface area contributed by atoms with Crippen molar-refractivity contribution in [2.75, 3.05) is 11.9 Å². The highest BCUT2D eigenvalue weighted by Gasteiger charge is 2.12. The van der Waals surface area contributed by atoms with E-state index in [1.807, 2.05) is 18.2 Å². The van der Waals surface area contributed by atoms with Crippen molar-refractivity contribution in [3.05, 3.63) is 45.4 Å². The molecule has 0 saturated heterocycles. The Labute approximate surface area is 140 Å². The zero-order valence-corrected chi connectivity index (χ0v) is 14.2. The van der Waals surface area contributed by atoms with Crippen LogP contribution < -0.4 is 10.6 Å². The Kier molecular flexibility index (Phi) is 4.93. The molecule has 0 atom stereocenters. The predicted octanol–water partition coefficient (Wildman–Crippen LogP) is 3.66. The van der Waals surface area contributed by atoms with Gasteiger partial charge in [-0.25, -0.2) is 9.78 Å². The monoisotopic (exact) mass is 331 g/mol. The lowest BCUT2D eigenvalue weighted by molar-refractivity contribution is 0.134. The van der Waals surface area contributed by atoms with E-state index in [-0.39, 0.29) is 6.03 Å². The number of carbonyl (C=O) groups is 1. The van der Waals surface area contributed by atoms with Gasteiger partial charge >= 0.3 is 6.03 Å². The Morgan fingerprint density at radius 3 is 2.96 bits per heavy atom. The average molecular weight is 331 g/mol. The zero-order chi connectivity index (χ0) is 16.2. The van der Waals surface area contributed by atoms with E-state index in [2.05, 4.69) is 34.8 Å². The molecule has 1 aliphatic heterocycles. The summed E-state index contributed by atoms with van der Waals surface area (Å²) in [4.78, 5) is 16.5. The van der Waals surface area contributed by atoms with E-state index in [0.717, 1.165) is 28.4 Å². The average Bonchev–Trinajstić information content (AvgIpc) is 3.15. The number of rotatable bonds is 5. The number of thiazole rings is 1. The molecule has 0 saturated carbocycles. The van der Waals surface area contributed by atoms with Gasteiger partial charge in [0.2, 0.25) is 0 Å². The van der Waals surface area contributed by atoms with Crippen LogP contribution in [-0.4, -0.2) is 17.6 Å². The Morgan fingerprint density at radius 1 is 1.35 bits per heavy atom. The lowest BCUT2D eigenvalue weighted by atomic mass is 10.1. The SMILES string of the molecule is CC(C)c1nc(CCNC(=O)Nc2ccc3c(c2)COC3)cs1. The number of nitrogens with zero attached hydrogens (tertiary/aromatic N) is 1. The number of nitrogens with one attached hydrogen (secondary N) is 2. The lowest BCUT2D eigenvalue weighted by Crippen LogP contribution is -2.30. The number of ether oxygens (including phenoxy) is 1. The topological polar surface area (TPSA) is 63.2 Å². The van der Waals surface area contributed by atoms with Crippen LogP contribution in [0.2, 0.25) is 0 Å². The molecule has 0 bridgehead atoms. The Bertz CT molecular complexity index is 697. The number of amides is 2. The number of benzene rings is 1. The van der Waals surface area contributed by atoms with Gasteiger partial charge in [0.1, 0.15) is 0 Å². The van der Waals surface area contributed by atoms with Crippen molar-refractivity contribution in [3.63, 3.8) is 0 Å². The summed E-state index contributed by atoms with van der Waals surface area (Å²) in [7, 11) is 0. The van der Waals surface area contributed by atoms with Gasteiger partial charge in [-0.1, -0.05) is 19.9 Å². The number of hydrogen-bond acceptors (Lipinski definition) is 4. The van der Waals surface area contributed by atoms with E-state index in [4.69, 9.17) is 4.74 Å². The summed E-state index contributed by atoms with van der Waals surface area (Å²) >= 11 is 1.68. The highest BCUT2D eigenvalue weighted by atomic mass is 32.1. The molecular formula is C17H21N3O2S. The van der Waals surface area contributed by atoms with E-state index in [0.29, 0.717) is 25.7 Å². The Hall–Kier alpha value is -1.92. The third kappa shape index (κ3) is 4.09. The fraction of sp³-hybridized carbons (Fsp3) is 0.412. The molecule has 0 unspecified atom stereocenters. The molecule has 2 aromatic rings. The van der Waals surface area contributed by atoms with Crippen LogP contribution in [0.4, 0.5) is 10.5 Å². The molecule has 1 aliphatic rings. The minimum atomic E-state index is -0.192. The van der Waals surface area contributed by atoms with Gasteiger partial charge in [0.05, 0.1) is 23.9 Å². The van der Waals surface area contributed by atoms with E-state index >= 15 is 0 Å². The number of aromatic nitrogens is 1. The third-order valence-corrected chi connectivity index (χ3v) is 4.90. The van der Waals surface area contributed by atoms with Gasteiger partial charge in [0.15, 0.2) is 0 Å². The molecule has 0 spiro atoms. The van der Waals surface area contributed by atoms with Crippen molar-refractivity contribution in [2.24, 2.45) is 0 Å². The van der Waals surface area contributed by atoms with E-state index in [1.54, 1.807) is 11.3 Å². The number of hydrogen-bond donors (Lipinski definition) is 2. The van der Waals surface area contributed by atoms with E-state index < -0.39 is 0 Å². The van der Waals surface area contributed by atoms with E-state index in [1.165, 1.54) is 5.56 Å². The van der Waals surface area contributed by atoms with Crippen LogP contribution in [0.15, 0.2) is 23.6 Å². The molecule has 1 aromatic heterocycles. The van der Waals surface area contributed by atoms with Gasteiger partial charge in [0.25, 0.3) is 0 Å². The normalized spacial score (nSPS) is 13.2. The van der Waals surface area contributed by atoms with Crippen LogP contribution in [0.25, 0.3) is 0 Å². The van der Waals surface area contributed by atoms with Crippen molar-refractivity contribution in [1.82, 2.24) is 10.3 Å². The van der Waals surface area contributed by atoms with Gasteiger partial charge in [0, 0.05) is 30.0 Å². The summed E-state index contributed by atoms with van der Waals surface area (Å²) in [6.07, 6.45) is 0.745. The minimum Gasteiger partial charge on any atom is -0.372 e. The molecule has 0 radical (unpaired) electrons. The van der Waals surface area contributed by atoms with Crippen molar-refractivity contribution in [2.45, 2.75) is 39.4 Å². The maximum atomic E-state index is 11.9. The van der Waals surface area contributed by atoms with E-state index in [9.17, 15) is 4.79 Å². The zero-order valence-electron chi connectivity index (χ0n) is 13.4. The van der Waals surface area contributed by atoms with Crippen molar-refractivity contribution >= 4 is 23.1 Å². The summed E-state index contributed by atoms with van der Waals surface area (Å²) < 4.78 is 5.37. The van der Waals surface area contributed by atoms with Crippen LogP contribution in [-0.2, 0) is 24.4 Å². The quantitative estimate of drug-likeness (QED) is 0.879. The third-order valence-electron chi connectivity index (χ3n) is 3.71. The summed E-state index contributed by atoms with van der Waals surface area (Å²) in [6.45, 7) is 6.12. The summed E-state index contributed by atoms with van der Waals surface area (Å²) in [5, 5.41) is 8.94. The Balaban J connectivity index is 1.46. The Morgan fingerprint density at radius 2 is 2.17 bits per heavy atom.